The first-order chi connectivity index (χ1) is 10.4. The summed E-state index contributed by atoms with van der Waals surface area (Å²) in [4.78, 5) is 25.5. The number of aromatic nitrogens is 1. The third-order valence-corrected chi connectivity index (χ3v) is 3.28. The van der Waals surface area contributed by atoms with Crippen molar-refractivity contribution in [1.29, 1.82) is 0 Å². The summed E-state index contributed by atoms with van der Waals surface area (Å²) in [6, 6.07) is 0. The zero-order valence-electron chi connectivity index (χ0n) is 13.0. The van der Waals surface area contributed by atoms with Gasteiger partial charge in [0.2, 0.25) is 0 Å². The minimum Gasteiger partial charge on any atom is -0.461 e. The Morgan fingerprint density at radius 3 is 2.35 bits per heavy atom. The molecule has 23 heavy (non-hydrogen) atoms. The van der Waals surface area contributed by atoms with Gasteiger partial charge in [0.1, 0.15) is 15.5 Å². The van der Waals surface area contributed by atoms with Crippen molar-refractivity contribution in [3.05, 3.63) is 15.6 Å². The molecular formula is C13H17F3N2O4S. The van der Waals surface area contributed by atoms with Crippen LogP contribution in [0.25, 0.3) is 0 Å². The molecule has 6 nitrogen and oxygen atoms in total. The smallest absolute Gasteiger partial charge is 0.428 e. The lowest BCUT2D eigenvalue weighted by molar-refractivity contribution is -0.135. The Morgan fingerprint density at radius 2 is 1.87 bits per heavy atom. The van der Waals surface area contributed by atoms with E-state index in [1.807, 2.05) is 0 Å². The van der Waals surface area contributed by atoms with Crippen LogP contribution in [0.15, 0.2) is 0 Å². The molecule has 0 aliphatic rings. The van der Waals surface area contributed by atoms with Crippen molar-refractivity contribution in [1.82, 2.24) is 10.3 Å². The highest BCUT2D eigenvalue weighted by Gasteiger charge is 2.39. The average Bonchev–Trinajstić information content (AvgIpc) is 2.78. The van der Waals surface area contributed by atoms with Crippen molar-refractivity contribution in [2.24, 2.45) is 0 Å². The highest BCUT2D eigenvalue weighted by atomic mass is 32.1. The van der Waals surface area contributed by atoms with Crippen LogP contribution in [-0.4, -0.2) is 29.3 Å². The van der Waals surface area contributed by atoms with Crippen LogP contribution < -0.4 is 5.32 Å². The first kappa shape index (κ1) is 19.2. The molecule has 1 amide bonds. The van der Waals surface area contributed by atoms with Crippen molar-refractivity contribution >= 4 is 23.4 Å². The van der Waals surface area contributed by atoms with Gasteiger partial charge in [-0.3, -0.25) is 0 Å². The standard InChI is InChI=1S/C13H17F3N2O4S/c1-5-21-10(19)8-9(13(14,15)16)23-7(18-8)6-17-11(20)22-12(2,3)4/h5-6H2,1-4H3,(H,17,20). The molecule has 0 radical (unpaired) electrons. The highest BCUT2D eigenvalue weighted by molar-refractivity contribution is 7.12. The summed E-state index contributed by atoms with van der Waals surface area (Å²) in [5, 5.41) is 2.21. The number of nitrogens with zero attached hydrogens (tertiary/aromatic N) is 1. The molecule has 10 heteroatoms. The van der Waals surface area contributed by atoms with Gasteiger partial charge in [-0.2, -0.15) is 13.2 Å². The Kier molecular flexibility index (Phi) is 5.98. The predicted octanol–water partition coefficient (Wildman–Crippen LogP) is 3.36. The number of thiazole rings is 1. The van der Waals surface area contributed by atoms with Crippen LogP contribution in [0.5, 0.6) is 0 Å². The Hall–Kier alpha value is -1.84. The lowest BCUT2D eigenvalue weighted by atomic mass is 10.2. The Balaban J connectivity index is 2.89. The van der Waals surface area contributed by atoms with E-state index >= 15 is 0 Å². The molecule has 0 atom stereocenters. The van der Waals surface area contributed by atoms with Crippen molar-refractivity contribution in [3.63, 3.8) is 0 Å². The van der Waals surface area contributed by atoms with E-state index in [1.165, 1.54) is 6.92 Å². The molecule has 1 aromatic rings. The molecule has 0 bridgehead atoms. The van der Waals surface area contributed by atoms with Crippen molar-refractivity contribution in [2.45, 2.75) is 46.0 Å². The number of hydrogen-bond acceptors (Lipinski definition) is 6. The Morgan fingerprint density at radius 1 is 1.26 bits per heavy atom. The maximum atomic E-state index is 12.9. The van der Waals surface area contributed by atoms with Gasteiger partial charge in [0, 0.05) is 0 Å². The average molecular weight is 354 g/mol. The first-order valence-corrected chi connectivity index (χ1v) is 7.46. The Bertz CT molecular complexity index is 579. The molecule has 1 aromatic heterocycles. The van der Waals surface area contributed by atoms with Crippen molar-refractivity contribution in [2.75, 3.05) is 6.61 Å². The molecule has 0 saturated carbocycles. The van der Waals surface area contributed by atoms with E-state index in [2.05, 4.69) is 15.0 Å². The number of carbonyl (C=O) groups is 2. The lowest BCUT2D eigenvalue weighted by Crippen LogP contribution is -2.32. The SMILES string of the molecule is CCOC(=O)c1nc(CNC(=O)OC(C)(C)C)sc1C(F)(F)F. The van der Waals surface area contributed by atoms with Crippen molar-refractivity contribution < 1.29 is 32.2 Å². The van der Waals surface area contributed by atoms with E-state index in [9.17, 15) is 22.8 Å². The van der Waals surface area contributed by atoms with Gasteiger partial charge in [0.05, 0.1) is 13.2 Å². The molecule has 0 unspecified atom stereocenters. The van der Waals surface area contributed by atoms with Crippen LogP contribution in [0.4, 0.5) is 18.0 Å². The van der Waals surface area contributed by atoms with Gasteiger partial charge in [-0.05, 0) is 27.7 Å². The molecule has 1 N–H and O–H groups in total. The van der Waals surface area contributed by atoms with E-state index in [-0.39, 0.29) is 29.5 Å². The normalized spacial score (nSPS) is 12.0. The van der Waals surface area contributed by atoms with Crippen LogP contribution in [-0.2, 0) is 22.2 Å². The maximum absolute atomic E-state index is 12.9. The number of carbonyl (C=O) groups excluding carboxylic acids is 2. The number of rotatable bonds is 4. The van der Waals surface area contributed by atoms with Crippen molar-refractivity contribution in [3.8, 4) is 0 Å². The predicted molar refractivity (Wildman–Crippen MR) is 76.1 cm³/mol. The lowest BCUT2D eigenvalue weighted by Gasteiger charge is -2.19. The van der Waals surface area contributed by atoms with Gasteiger partial charge >= 0.3 is 18.2 Å². The van der Waals surface area contributed by atoms with Crippen LogP contribution in [0, 0.1) is 0 Å². The van der Waals surface area contributed by atoms with Gasteiger partial charge < -0.3 is 14.8 Å². The molecule has 0 spiro atoms. The van der Waals surface area contributed by atoms with E-state index in [0.717, 1.165) is 0 Å². The Labute approximate surface area is 135 Å². The second-order valence-corrected chi connectivity index (χ2v) is 6.44. The summed E-state index contributed by atoms with van der Waals surface area (Å²) in [6.07, 6.45) is -5.52. The largest absolute Gasteiger partial charge is 0.461 e. The van der Waals surface area contributed by atoms with Gasteiger partial charge in [-0.1, -0.05) is 0 Å². The summed E-state index contributed by atoms with van der Waals surface area (Å²) >= 11 is 0.273. The zero-order valence-corrected chi connectivity index (χ0v) is 13.9. The zero-order chi connectivity index (χ0) is 17.8. The van der Waals surface area contributed by atoms with E-state index in [1.54, 1.807) is 20.8 Å². The molecule has 130 valence electrons. The van der Waals surface area contributed by atoms with Crippen LogP contribution in [0.3, 0.4) is 0 Å². The van der Waals surface area contributed by atoms with E-state index in [0.29, 0.717) is 0 Å². The minimum absolute atomic E-state index is 0.0703. The number of esters is 1. The summed E-state index contributed by atoms with van der Waals surface area (Å²) in [5.41, 5.74) is -1.54. The van der Waals surface area contributed by atoms with Crippen LogP contribution in [0.1, 0.15) is 48.1 Å². The number of alkyl carbamates (subject to hydrolysis) is 1. The number of hydrogen-bond donors (Lipinski definition) is 1. The van der Waals surface area contributed by atoms with Crippen LogP contribution in [0.2, 0.25) is 0 Å². The fourth-order valence-corrected chi connectivity index (χ4v) is 2.29. The van der Waals surface area contributed by atoms with Gasteiger partial charge in [-0.15, -0.1) is 11.3 Å². The molecule has 0 aliphatic heterocycles. The summed E-state index contributed by atoms with van der Waals surface area (Å²) in [7, 11) is 0. The highest BCUT2D eigenvalue weighted by Crippen LogP contribution is 2.36. The molecular weight excluding hydrogens is 337 g/mol. The monoisotopic (exact) mass is 354 g/mol. The molecule has 0 aliphatic carbocycles. The number of ether oxygens (including phenoxy) is 2. The summed E-state index contributed by atoms with van der Waals surface area (Å²) in [5.74, 6) is -1.15. The van der Waals surface area contributed by atoms with Gasteiger partial charge in [-0.25, -0.2) is 14.6 Å². The van der Waals surface area contributed by atoms with Gasteiger partial charge in [0.25, 0.3) is 0 Å². The third kappa shape index (κ3) is 6.05. The first-order valence-electron chi connectivity index (χ1n) is 6.65. The van der Waals surface area contributed by atoms with E-state index in [4.69, 9.17) is 4.74 Å². The number of alkyl halides is 3. The second-order valence-electron chi connectivity index (χ2n) is 5.36. The minimum atomic E-state index is -4.73. The number of amides is 1. The number of halogens is 3. The summed E-state index contributed by atoms with van der Waals surface area (Å²) in [6.45, 7) is 6.06. The van der Waals surface area contributed by atoms with E-state index < -0.39 is 34.4 Å². The second kappa shape index (κ2) is 7.16. The summed E-state index contributed by atoms with van der Waals surface area (Å²) < 4.78 is 48.3. The molecule has 1 heterocycles. The quantitative estimate of drug-likeness (QED) is 0.839. The molecule has 1 rings (SSSR count). The molecule has 0 fully saturated rings. The third-order valence-electron chi connectivity index (χ3n) is 2.18. The van der Waals surface area contributed by atoms with Gasteiger partial charge in [0.15, 0.2) is 5.69 Å². The van der Waals surface area contributed by atoms with Crippen LogP contribution >= 0.6 is 11.3 Å². The molecule has 0 aromatic carbocycles. The fourth-order valence-electron chi connectivity index (χ4n) is 1.43. The fraction of sp³-hybridized carbons (Fsp3) is 0.615. The molecule has 0 saturated heterocycles. The topological polar surface area (TPSA) is 77.5 Å². The number of nitrogens with one attached hydrogen (secondary N) is 1. The maximum Gasteiger partial charge on any atom is 0.428 e.